The Bertz CT molecular complexity index is 1200. The van der Waals surface area contributed by atoms with Crippen LogP contribution in [-0.2, 0) is 6.54 Å². The van der Waals surface area contributed by atoms with Gasteiger partial charge in [-0.15, -0.1) is 0 Å². The molecular formula is C18H14BrN3O3. The van der Waals surface area contributed by atoms with E-state index < -0.39 is 11.2 Å². The molecule has 0 atom stereocenters. The summed E-state index contributed by atoms with van der Waals surface area (Å²) in [6.45, 7) is 0.501. The van der Waals surface area contributed by atoms with Gasteiger partial charge in [-0.25, -0.2) is 4.79 Å². The first-order chi connectivity index (χ1) is 12.1. The highest BCUT2D eigenvalue weighted by Gasteiger charge is 2.15. The lowest BCUT2D eigenvalue weighted by molar-refractivity contribution is 0.414. The molecule has 2 aromatic carbocycles. The number of hydrogen-bond donors (Lipinski definition) is 2. The van der Waals surface area contributed by atoms with E-state index in [2.05, 4.69) is 25.9 Å². The number of rotatable bonds is 3. The molecule has 7 heteroatoms. The van der Waals surface area contributed by atoms with Crippen LogP contribution >= 0.6 is 15.9 Å². The summed E-state index contributed by atoms with van der Waals surface area (Å²) in [6, 6.07) is 13.4. The van der Waals surface area contributed by atoms with Gasteiger partial charge in [0.15, 0.2) is 0 Å². The van der Waals surface area contributed by atoms with E-state index in [4.69, 9.17) is 4.74 Å². The number of aromatic nitrogens is 3. The van der Waals surface area contributed by atoms with Crippen LogP contribution in [0.4, 0.5) is 0 Å². The number of H-pyrrole nitrogens is 2. The Balaban J connectivity index is 2.00. The van der Waals surface area contributed by atoms with E-state index in [1.807, 2.05) is 47.0 Å². The maximum atomic E-state index is 12.4. The third-order valence-electron chi connectivity index (χ3n) is 4.21. The quantitative estimate of drug-likeness (QED) is 0.555. The van der Waals surface area contributed by atoms with Gasteiger partial charge in [-0.2, -0.15) is 0 Å². The fourth-order valence-corrected chi connectivity index (χ4v) is 3.44. The van der Waals surface area contributed by atoms with E-state index in [1.54, 1.807) is 7.11 Å². The van der Waals surface area contributed by atoms with E-state index >= 15 is 0 Å². The molecule has 0 fully saturated rings. The number of benzene rings is 2. The summed E-state index contributed by atoms with van der Waals surface area (Å²) < 4.78 is 7.97. The lowest BCUT2D eigenvalue weighted by atomic mass is 10.2. The molecule has 0 aliphatic heterocycles. The highest BCUT2D eigenvalue weighted by atomic mass is 79.9. The first kappa shape index (κ1) is 15.7. The number of fused-ring (bicyclic) bond motifs is 3. The molecule has 0 aliphatic carbocycles. The Hall–Kier alpha value is -2.80. The predicted octanol–water partition coefficient (Wildman–Crippen LogP) is 2.99. The molecule has 0 amide bonds. The van der Waals surface area contributed by atoms with E-state index in [-0.39, 0.29) is 0 Å². The van der Waals surface area contributed by atoms with Crippen LogP contribution in [0.5, 0.6) is 5.75 Å². The fraction of sp³-hybridized carbons (Fsp3) is 0.111. The maximum Gasteiger partial charge on any atom is 0.326 e. The van der Waals surface area contributed by atoms with Gasteiger partial charge in [-0.05, 0) is 35.9 Å². The highest BCUT2D eigenvalue weighted by Crippen LogP contribution is 2.28. The smallest absolute Gasteiger partial charge is 0.326 e. The van der Waals surface area contributed by atoms with Crippen LogP contribution in [0.1, 0.15) is 5.56 Å². The third-order valence-corrected chi connectivity index (χ3v) is 4.70. The number of aromatic amines is 2. The number of ether oxygens (including phenoxy) is 1. The van der Waals surface area contributed by atoms with Gasteiger partial charge in [0.2, 0.25) is 0 Å². The van der Waals surface area contributed by atoms with Crippen molar-refractivity contribution in [3.05, 3.63) is 73.3 Å². The second kappa shape index (κ2) is 5.93. The summed E-state index contributed by atoms with van der Waals surface area (Å²) in [5.41, 5.74) is 1.97. The van der Waals surface area contributed by atoms with Gasteiger partial charge in [-0.3, -0.25) is 9.78 Å². The molecule has 0 radical (unpaired) electrons. The molecule has 25 heavy (non-hydrogen) atoms. The summed E-state index contributed by atoms with van der Waals surface area (Å²) in [5.74, 6) is 0.775. The van der Waals surface area contributed by atoms with Crippen molar-refractivity contribution in [2.24, 2.45) is 0 Å². The van der Waals surface area contributed by atoms with Crippen molar-refractivity contribution in [3.8, 4) is 5.75 Å². The molecule has 0 bridgehead atoms. The molecule has 2 heterocycles. The predicted molar refractivity (Wildman–Crippen MR) is 100 cm³/mol. The van der Waals surface area contributed by atoms with E-state index in [9.17, 15) is 9.59 Å². The molecule has 0 spiro atoms. The first-order valence-electron chi connectivity index (χ1n) is 7.64. The van der Waals surface area contributed by atoms with Crippen LogP contribution < -0.4 is 16.0 Å². The van der Waals surface area contributed by atoms with Crippen molar-refractivity contribution >= 4 is 37.9 Å². The van der Waals surface area contributed by atoms with Crippen LogP contribution in [0.15, 0.2) is 56.5 Å². The zero-order valence-electron chi connectivity index (χ0n) is 13.3. The van der Waals surface area contributed by atoms with E-state index in [0.717, 1.165) is 26.7 Å². The molecule has 6 nitrogen and oxygen atoms in total. The number of nitrogens with zero attached hydrogens (tertiary/aromatic N) is 1. The summed E-state index contributed by atoms with van der Waals surface area (Å²) in [5, 5.41) is 0.820. The molecular weight excluding hydrogens is 386 g/mol. The molecule has 0 saturated heterocycles. The maximum absolute atomic E-state index is 12.4. The molecule has 2 N–H and O–H groups in total. The SMILES string of the molecule is COc1ccc(Cn2c3ccc(Br)cc3c3[nH]c(=O)[nH]c(=O)c32)cc1. The van der Waals surface area contributed by atoms with Gasteiger partial charge in [-0.1, -0.05) is 28.1 Å². The topological polar surface area (TPSA) is 79.9 Å². The third kappa shape index (κ3) is 2.66. The molecule has 126 valence electrons. The van der Waals surface area contributed by atoms with Gasteiger partial charge in [0, 0.05) is 16.4 Å². The number of methoxy groups -OCH3 is 1. The summed E-state index contributed by atoms with van der Waals surface area (Å²) in [7, 11) is 1.62. The summed E-state index contributed by atoms with van der Waals surface area (Å²) in [4.78, 5) is 29.2. The molecule has 0 unspecified atom stereocenters. The Morgan fingerprint density at radius 3 is 2.56 bits per heavy atom. The van der Waals surface area contributed by atoms with Gasteiger partial charge < -0.3 is 14.3 Å². The summed E-state index contributed by atoms with van der Waals surface area (Å²) >= 11 is 3.45. The number of halogens is 1. The van der Waals surface area contributed by atoms with Crippen LogP contribution in [0.25, 0.3) is 21.9 Å². The Labute approximate surface area is 150 Å². The minimum absolute atomic E-state index is 0.403. The van der Waals surface area contributed by atoms with Gasteiger partial charge >= 0.3 is 5.69 Å². The monoisotopic (exact) mass is 399 g/mol. The van der Waals surface area contributed by atoms with Gasteiger partial charge in [0.25, 0.3) is 5.56 Å². The van der Waals surface area contributed by atoms with Crippen molar-refractivity contribution in [1.82, 2.24) is 14.5 Å². The fourth-order valence-electron chi connectivity index (χ4n) is 3.07. The Kier molecular flexibility index (Phi) is 3.73. The van der Waals surface area contributed by atoms with Crippen molar-refractivity contribution < 1.29 is 4.74 Å². The minimum atomic E-state index is -0.513. The average Bonchev–Trinajstić information content (AvgIpc) is 2.89. The van der Waals surface area contributed by atoms with Crippen molar-refractivity contribution in [2.45, 2.75) is 6.54 Å². The zero-order chi connectivity index (χ0) is 17.6. The van der Waals surface area contributed by atoms with E-state index in [1.165, 1.54) is 0 Å². The molecule has 0 aliphatic rings. The minimum Gasteiger partial charge on any atom is -0.497 e. The van der Waals surface area contributed by atoms with Crippen molar-refractivity contribution in [1.29, 1.82) is 0 Å². The molecule has 2 aromatic heterocycles. The lowest BCUT2D eigenvalue weighted by Crippen LogP contribution is -2.23. The number of nitrogens with one attached hydrogen (secondary N) is 2. The van der Waals surface area contributed by atoms with Crippen LogP contribution in [0.2, 0.25) is 0 Å². The van der Waals surface area contributed by atoms with Crippen LogP contribution in [-0.4, -0.2) is 21.6 Å². The lowest BCUT2D eigenvalue weighted by Gasteiger charge is -2.08. The highest BCUT2D eigenvalue weighted by molar-refractivity contribution is 9.10. The van der Waals surface area contributed by atoms with Crippen molar-refractivity contribution in [3.63, 3.8) is 0 Å². The van der Waals surface area contributed by atoms with Gasteiger partial charge in [0.1, 0.15) is 11.3 Å². The Morgan fingerprint density at radius 2 is 1.84 bits per heavy atom. The van der Waals surface area contributed by atoms with Crippen LogP contribution in [0.3, 0.4) is 0 Å². The van der Waals surface area contributed by atoms with E-state index in [0.29, 0.717) is 17.6 Å². The normalized spacial score (nSPS) is 11.3. The second-order valence-electron chi connectivity index (χ2n) is 5.73. The average molecular weight is 400 g/mol. The standard InChI is InChI=1S/C18H14BrN3O3/c1-25-12-5-2-10(3-6-12)9-22-14-7-4-11(19)8-13(14)15-16(22)17(23)21-18(24)20-15/h2-8H,9H2,1H3,(H2,20,21,23,24). The molecule has 0 saturated carbocycles. The first-order valence-corrected chi connectivity index (χ1v) is 8.43. The van der Waals surface area contributed by atoms with Gasteiger partial charge in [0.05, 0.1) is 18.1 Å². The molecule has 4 rings (SSSR count). The van der Waals surface area contributed by atoms with Crippen molar-refractivity contribution in [2.75, 3.05) is 7.11 Å². The molecule has 4 aromatic rings. The zero-order valence-corrected chi connectivity index (χ0v) is 14.9. The Morgan fingerprint density at radius 1 is 1.08 bits per heavy atom. The number of hydrogen-bond acceptors (Lipinski definition) is 3. The largest absolute Gasteiger partial charge is 0.497 e. The second-order valence-corrected chi connectivity index (χ2v) is 6.64. The van der Waals surface area contributed by atoms with Crippen LogP contribution in [0, 0.1) is 0 Å². The summed E-state index contributed by atoms with van der Waals surface area (Å²) in [6.07, 6.45) is 0.